The van der Waals surface area contributed by atoms with Crippen molar-refractivity contribution in [3.8, 4) is 0 Å². The molecule has 0 spiro atoms. The molecule has 1 aromatic rings. The third-order valence-corrected chi connectivity index (χ3v) is 11.2. The number of esters is 1. The molecule has 3 aliphatic carbocycles. The minimum absolute atomic E-state index is 0.0340. The van der Waals surface area contributed by atoms with Gasteiger partial charge in [0, 0.05) is 30.1 Å². The molecule has 1 aromatic carbocycles. The van der Waals surface area contributed by atoms with Gasteiger partial charge in [-0.2, -0.15) is 0 Å². The summed E-state index contributed by atoms with van der Waals surface area (Å²) in [6.45, 7) is 10.1. The molecule has 1 aliphatic heterocycles. The maximum Gasteiger partial charge on any atom is 0.336 e. The first-order valence-corrected chi connectivity index (χ1v) is 14.1. The van der Waals surface area contributed by atoms with Crippen molar-refractivity contribution in [1.29, 1.82) is 0 Å². The molecule has 8 unspecified atom stereocenters. The van der Waals surface area contributed by atoms with Crippen LogP contribution in [0.1, 0.15) is 65.9 Å². The molecule has 5 rings (SSSR count). The van der Waals surface area contributed by atoms with E-state index in [0.717, 1.165) is 5.56 Å². The molecule has 11 atom stereocenters. The molecule has 3 fully saturated rings. The lowest BCUT2D eigenvalue weighted by Crippen LogP contribution is -2.78. The highest BCUT2D eigenvalue weighted by Gasteiger charge is 2.74. The van der Waals surface area contributed by atoms with Gasteiger partial charge < -0.3 is 35.0 Å². The van der Waals surface area contributed by atoms with Gasteiger partial charge in [-0.25, -0.2) is 4.79 Å². The Kier molecular flexibility index (Phi) is 6.93. The van der Waals surface area contributed by atoms with Gasteiger partial charge in [0.2, 0.25) is 0 Å². The Morgan fingerprint density at radius 1 is 1.12 bits per heavy atom. The second kappa shape index (κ2) is 9.44. The average molecular weight is 559 g/mol. The van der Waals surface area contributed by atoms with Crippen LogP contribution in [0, 0.1) is 22.7 Å². The Morgan fingerprint density at radius 2 is 1.75 bits per heavy atom. The van der Waals surface area contributed by atoms with E-state index in [0.29, 0.717) is 5.57 Å². The molecule has 2 saturated carbocycles. The van der Waals surface area contributed by atoms with E-state index in [-0.39, 0.29) is 25.0 Å². The number of aliphatic hydroxyl groups is 5. The first-order valence-electron chi connectivity index (χ1n) is 14.1. The van der Waals surface area contributed by atoms with Crippen molar-refractivity contribution in [2.45, 2.75) is 102 Å². The van der Waals surface area contributed by atoms with Gasteiger partial charge in [-0.3, -0.25) is 4.79 Å². The summed E-state index contributed by atoms with van der Waals surface area (Å²) in [6, 6.07) is 9.07. The number of fused-ring (bicyclic) bond motifs is 5. The summed E-state index contributed by atoms with van der Waals surface area (Å²) in [5.41, 5.74) is -4.48. The molecule has 0 radical (unpaired) electrons. The molecule has 1 heterocycles. The van der Waals surface area contributed by atoms with Gasteiger partial charge in [0.1, 0.15) is 17.8 Å². The van der Waals surface area contributed by atoms with E-state index in [1.807, 2.05) is 18.2 Å². The Morgan fingerprint density at radius 3 is 2.33 bits per heavy atom. The number of benzene rings is 1. The zero-order valence-electron chi connectivity index (χ0n) is 24.0. The summed E-state index contributed by atoms with van der Waals surface area (Å²) in [4.78, 5) is 27.3. The van der Waals surface area contributed by atoms with Crippen molar-refractivity contribution >= 4 is 11.8 Å². The van der Waals surface area contributed by atoms with Crippen LogP contribution in [0.3, 0.4) is 0 Å². The predicted molar refractivity (Wildman–Crippen MR) is 144 cm³/mol. The molecule has 9 heteroatoms. The molecule has 5 N–H and O–H groups in total. The minimum Gasteiger partial charge on any atom is -0.456 e. The Balaban J connectivity index is 1.57. The SMILES string of the molecule is CC1=C2C(O)C(=O)[C@]3(C)C(O)CC4OC[C@@]4(O)C3C(C)C(O)(CC1OC(=O)C(O)[C@@H](C)c1ccccc1)C2(C)C. The van der Waals surface area contributed by atoms with Crippen LogP contribution in [0.25, 0.3) is 0 Å². The van der Waals surface area contributed by atoms with Crippen molar-refractivity contribution in [2.75, 3.05) is 6.61 Å². The number of ketones is 1. The Bertz CT molecular complexity index is 1230. The fraction of sp³-hybridized carbons (Fsp3) is 0.677. The van der Waals surface area contributed by atoms with Crippen LogP contribution in [0.15, 0.2) is 41.5 Å². The zero-order valence-corrected chi connectivity index (χ0v) is 24.0. The summed E-state index contributed by atoms with van der Waals surface area (Å²) >= 11 is 0. The van der Waals surface area contributed by atoms with Crippen LogP contribution < -0.4 is 0 Å². The number of rotatable bonds is 4. The second-order valence-corrected chi connectivity index (χ2v) is 13.3. The Hall–Kier alpha value is -2.14. The molecule has 9 nitrogen and oxygen atoms in total. The first kappa shape index (κ1) is 29.4. The highest BCUT2D eigenvalue weighted by molar-refractivity contribution is 5.93. The van der Waals surface area contributed by atoms with E-state index in [2.05, 4.69) is 0 Å². The van der Waals surface area contributed by atoms with Crippen LogP contribution in [-0.4, -0.2) is 85.6 Å². The lowest BCUT2D eigenvalue weighted by molar-refractivity contribution is -0.335. The number of ether oxygens (including phenoxy) is 2. The number of carbonyl (C=O) groups is 2. The van der Waals surface area contributed by atoms with E-state index in [9.17, 15) is 35.1 Å². The van der Waals surface area contributed by atoms with Crippen LogP contribution in [0.5, 0.6) is 0 Å². The predicted octanol–water partition coefficient (Wildman–Crippen LogP) is 1.64. The summed E-state index contributed by atoms with van der Waals surface area (Å²) in [7, 11) is 0. The summed E-state index contributed by atoms with van der Waals surface area (Å²) in [5, 5.41) is 58.1. The monoisotopic (exact) mass is 558 g/mol. The zero-order chi connectivity index (χ0) is 29.6. The molecule has 40 heavy (non-hydrogen) atoms. The van der Waals surface area contributed by atoms with Crippen molar-refractivity contribution in [1.82, 2.24) is 0 Å². The molecule has 4 aliphatic rings. The smallest absolute Gasteiger partial charge is 0.336 e. The van der Waals surface area contributed by atoms with Gasteiger partial charge in [-0.15, -0.1) is 0 Å². The van der Waals surface area contributed by atoms with Gasteiger partial charge in [0.15, 0.2) is 11.9 Å². The molecule has 1 saturated heterocycles. The average Bonchev–Trinajstić information content (AvgIpc) is 2.91. The standard InChI is InChI=1S/C31H42O9/c1-15(18-10-8-7-9-11-18)23(33)27(36)40-19-13-31(38)17(3)25-29(6,20(32)12-21-30(25,37)14-39-21)26(35)24(34)22(16(19)2)28(31,4)5/h7-11,15,17,19-21,23-25,32-34,37-38H,12-14H2,1-6H3/t15-,17?,19?,20?,21?,23?,24?,25?,29+,30-,31?/m0/s1. The fourth-order valence-electron chi connectivity index (χ4n) is 8.47. The second-order valence-electron chi connectivity index (χ2n) is 13.3. The number of aliphatic hydroxyl groups excluding tert-OH is 3. The van der Waals surface area contributed by atoms with Crippen molar-refractivity contribution in [3.05, 3.63) is 47.0 Å². The summed E-state index contributed by atoms with van der Waals surface area (Å²) in [6.07, 6.45) is -6.20. The highest BCUT2D eigenvalue weighted by Crippen LogP contribution is 2.64. The normalized spacial score (nSPS) is 43.8. The van der Waals surface area contributed by atoms with E-state index in [1.165, 1.54) is 0 Å². The van der Waals surface area contributed by atoms with Gasteiger partial charge in [-0.1, -0.05) is 58.0 Å². The number of carbonyl (C=O) groups excluding carboxylic acids is 2. The van der Waals surface area contributed by atoms with E-state index < -0.39 is 82.1 Å². The summed E-state index contributed by atoms with van der Waals surface area (Å²) < 4.78 is 11.4. The van der Waals surface area contributed by atoms with Crippen molar-refractivity contribution < 1.29 is 44.6 Å². The quantitative estimate of drug-likeness (QED) is 0.274. The minimum atomic E-state index is -1.72. The number of Topliss-reactive ketones (excluding diaryl/α,β-unsaturated/α-hetero) is 1. The maximum atomic E-state index is 14.1. The van der Waals surface area contributed by atoms with Crippen molar-refractivity contribution in [2.24, 2.45) is 22.7 Å². The van der Waals surface area contributed by atoms with Gasteiger partial charge in [0.05, 0.1) is 29.8 Å². The lowest BCUT2D eigenvalue weighted by Gasteiger charge is -2.67. The van der Waals surface area contributed by atoms with Crippen molar-refractivity contribution in [3.63, 3.8) is 0 Å². The van der Waals surface area contributed by atoms with E-state index in [1.54, 1.807) is 53.7 Å². The van der Waals surface area contributed by atoms with Crippen LogP contribution >= 0.6 is 0 Å². The fourth-order valence-corrected chi connectivity index (χ4v) is 8.47. The lowest BCUT2D eigenvalue weighted by atomic mass is 9.43. The molecule has 0 amide bonds. The summed E-state index contributed by atoms with van der Waals surface area (Å²) in [5.74, 6) is -3.82. The third kappa shape index (κ3) is 3.75. The molecular formula is C31H42O9. The maximum absolute atomic E-state index is 14.1. The number of hydrogen-bond donors (Lipinski definition) is 5. The van der Waals surface area contributed by atoms with Crippen LogP contribution in [-0.2, 0) is 19.1 Å². The molecule has 0 aromatic heterocycles. The largest absolute Gasteiger partial charge is 0.456 e. The third-order valence-electron chi connectivity index (χ3n) is 11.2. The van der Waals surface area contributed by atoms with Gasteiger partial charge in [-0.05, 0) is 36.5 Å². The van der Waals surface area contributed by atoms with E-state index >= 15 is 0 Å². The molecule has 2 bridgehead atoms. The van der Waals surface area contributed by atoms with Crippen LogP contribution in [0.4, 0.5) is 0 Å². The first-order chi connectivity index (χ1) is 18.5. The Labute approximate surface area is 234 Å². The molecular weight excluding hydrogens is 516 g/mol. The highest BCUT2D eigenvalue weighted by atomic mass is 16.6. The number of hydrogen-bond acceptors (Lipinski definition) is 9. The topological polar surface area (TPSA) is 154 Å². The van der Waals surface area contributed by atoms with Gasteiger partial charge >= 0.3 is 5.97 Å². The molecule has 220 valence electrons. The van der Waals surface area contributed by atoms with Gasteiger partial charge in [0.25, 0.3) is 0 Å². The van der Waals surface area contributed by atoms with Crippen LogP contribution in [0.2, 0.25) is 0 Å². The van der Waals surface area contributed by atoms with E-state index in [4.69, 9.17) is 9.47 Å².